The van der Waals surface area contributed by atoms with Gasteiger partial charge in [0.15, 0.2) is 0 Å². The second-order valence-corrected chi connectivity index (χ2v) is 4.91. The van der Waals surface area contributed by atoms with E-state index in [0.717, 1.165) is 22.1 Å². The van der Waals surface area contributed by atoms with Gasteiger partial charge in [-0.2, -0.15) is 0 Å². The molecule has 0 aliphatic rings. The van der Waals surface area contributed by atoms with Crippen LogP contribution in [0, 0.1) is 0 Å². The summed E-state index contributed by atoms with van der Waals surface area (Å²) in [5.74, 6) is 0.734. The Morgan fingerprint density at radius 2 is 1.91 bits per heavy atom. The first kappa shape index (κ1) is 19.2. The lowest BCUT2D eigenvalue weighted by molar-refractivity contribution is -0.120. The Balaban J connectivity index is 0.00000264. The van der Waals surface area contributed by atoms with E-state index in [9.17, 15) is 4.79 Å². The van der Waals surface area contributed by atoms with Gasteiger partial charge in [-0.3, -0.25) is 4.79 Å². The van der Waals surface area contributed by atoms with Crippen LogP contribution >= 0.6 is 12.4 Å². The molecule has 0 heterocycles. The topological polar surface area (TPSA) is 59.6 Å². The van der Waals surface area contributed by atoms with Gasteiger partial charge in [0.2, 0.25) is 5.91 Å². The molecule has 0 atom stereocenters. The largest absolute Gasteiger partial charge is 0.496 e. The standard InChI is InChI=1S/C17H22N2O3.ClH/c1-21-10-9-18-12-17(20)19-11-15-14-6-4-3-5-13(14)7-8-16(15)22-2;/h3-8,18H,9-12H2,1-2H3,(H,19,20);1H. The Morgan fingerprint density at radius 1 is 1.13 bits per heavy atom. The van der Waals surface area contributed by atoms with Gasteiger partial charge < -0.3 is 20.1 Å². The van der Waals surface area contributed by atoms with Crippen LogP contribution in [0.1, 0.15) is 5.56 Å². The second-order valence-electron chi connectivity index (χ2n) is 4.91. The summed E-state index contributed by atoms with van der Waals surface area (Å²) < 4.78 is 10.3. The van der Waals surface area contributed by atoms with Crippen molar-refractivity contribution in [3.8, 4) is 5.75 Å². The molecule has 0 saturated heterocycles. The van der Waals surface area contributed by atoms with Gasteiger partial charge in [0.25, 0.3) is 0 Å². The van der Waals surface area contributed by atoms with Crippen molar-refractivity contribution >= 4 is 29.1 Å². The molecule has 1 amide bonds. The maximum atomic E-state index is 11.9. The number of fused-ring (bicyclic) bond motifs is 1. The van der Waals surface area contributed by atoms with Crippen LogP contribution in [-0.4, -0.2) is 39.8 Å². The van der Waals surface area contributed by atoms with Crippen LogP contribution in [0.25, 0.3) is 10.8 Å². The molecular weight excluding hydrogens is 316 g/mol. The highest BCUT2D eigenvalue weighted by Crippen LogP contribution is 2.27. The Bertz CT molecular complexity index is 634. The fourth-order valence-corrected chi connectivity index (χ4v) is 2.32. The fraction of sp³-hybridized carbons (Fsp3) is 0.353. The van der Waals surface area contributed by atoms with Gasteiger partial charge in [-0.25, -0.2) is 0 Å². The van der Waals surface area contributed by atoms with Gasteiger partial charge in [0.05, 0.1) is 20.3 Å². The van der Waals surface area contributed by atoms with Crippen LogP contribution in [0.5, 0.6) is 5.75 Å². The van der Waals surface area contributed by atoms with Crippen molar-refractivity contribution in [3.05, 3.63) is 42.0 Å². The molecule has 0 aliphatic carbocycles. The quantitative estimate of drug-likeness (QED) is 0.724. The Kier molecular flexibility index (Phi) is 8.40. The molecule has 0 aliphatic heterocycles. The number of methoxy groups -OCH3 is 2. The molecule has 0 saturated carbocycles. The third-order valence-electron chi connectivity index (χ3n) is 3.45. The molecule has 0 radical (unpaired) electrons. The molecule has 2 aromatic rings. The Hall–Kier alpha value is -1.82. The number of carbonyl (C=O) groups excluding carboxylic acids is 1. The molecule has 126 valence electrons. The predicted molar refractivity (Wildman–Crippen MR) is 94.3 cm³/mol. The Labute approximate surface area is 142 Å². The fourth-order valence-electron chi connectivity index (χ4n) is 2.32. The molecule has 6 heteroatoms. The summed E-state index contributed by atoms with van der Waals surface area (Å²) in [6.45, 7) is 1.96. The summed E-state index contributed by atoms with van der Waals surface area (Å²) >= 11 is 0. The van der Waals surface area contributed by atoms with Crippen LogP contribution < -0.4 is 15.4 Å². The molecule has 2 rings (SSSR count). The van der Waals surface area contributed by atoms with Gasteiger partial charge in [-0.15, -0.1) is 12.4 Å². The number of ether oxygens (including phenoxy) is 2. The first-order chi connectivity index (χ1) is 10.8. The number of halogens is 1. The van der Waals surface area contributed by atoms with E-state index in [1.807, 2.05) is 36.4 Å². The molecule has 5 nitrogen and oxygen atoms in total. The van der Waals surface area contributed by atoms with Gasteiger partial charge in [-0.1, -0.05) is 30.3 Å². The van der Waals surface area contributed by atoms with Gasteiger partial charge >= 0.3 is 0 Å². The lowest BCUT2D eigenvalue weighted by atomic mass is 10.0. The molecule has 23 heavy (non-hydrogen) atoms. The van der Waals surface area contributed by atoms with Crippen molar-refractivity contribution in [1.29, 1.82) is 0 Å². The van der Waals surface area contributed by atoms with Crippen molar-refractivity contribution < 1.29 is 14.3 Å². The molecule has 2 aromatic carbocycles. The maximum absolute atomic E-state index is 11.9. The molecule has 0 spiro atoms. The summed E-state index contributed by atoms with van der Waals surface area (Å²) in [6.07, 6.45) is 0. The highest BCUT2D eigenvalue weighted by Gasteiger charge is 2.09. The summed E-state index contributed by atoms with van der Waals surface area (Å²) in [6, 6.07) is 12.0. The van der Waals surface area contributed by atoms with Crippen molar-refractivity contribution in [2.45, 2.75) is 6.54 Å². The van der Waals surface area contributed by atoms with E-state index < -0.39 is 0 Å². The van der Waals surface area contributed by atoms with Crippen LogP contribution in [0.3, 0.4) is 0 Å². The number of amides is 1. The monoisotopic (exact) mass is 338 g/mol. The number of benzene rings is 2. The zero-order chi connectivity index (χ0) is 15.8. The van der Waals surface area contributed by atoms with E-state index in [1.54, 1.807) is 14.2 Å². The van der Waals surface area contributed by atoms with E-state index in [4.69, 9.17) is 9.47 Å². The summed E-state index contributed by atoms with van der Waals surface area (Å²) in [4.78, 5) is 11.9. The lowest BCUT2D eigenvalue weighted by Crippen LogP contribution is -2.34. The van der Waals surface area contributed by atoms with Crippen molar-refractivity contribution in [2.24, 2.45) is 0 Å². The van der Waals surface area contributed by atoms with Crippen LogP contribution in [0.15, 0.2) is 36.4 Å². The Morgan fingerprint density at radius 3 is 2.65 bits per heavy atom. The summed E-state index contributed by atoms with van der Waals surface area (Å²) in [5, 5.41) is 8.16. The number of rotatable bonds is 8. The molecule has 0 aromatic heterocycles. The van der Waals surface area contributed by atoms with Crippen LogP contribution in [0.4, 0.5) is 0 Å². The van der Waals surface area contributed by atoms with E-state index in [1.165, 1.54) is 0 Å². The minimum Gasteiger partial charge on any atom is -0.496 e. The average Bonchev–Trinajstić information content (AvgIpc) is 2.56. The van der Waals surface area contributed by atoms with Gasteiger partial charge in [-0.05, 0) is 16.8 Å². The third-order valence-corrected chi connectivity index (χ3v) is 3.45. The van der Waals surface area contributed by atoms with E-state index >= 15 is 0 Å². The SMILES string of the molecule is COCCNCC(=O)NCc1c(OC)ccc2ccccc12.Cl. The van der Waals surface area contributed by atoms with Crippen LogP contribution in [0.2, 0.25) is 0 Å². The minimum absolute atomic E-state index is 0. The van der Waals surface area contributed by atoms with E-state index in [2.05, 4.69) is 10.6 Å². The van der Waals surface area contributed by atoms with Crippen LogP contribution in [-0.2, 0) is 16.1 Å². The molecular formula is C17H23ClN2O3. The molecule has 0 fully saturated rings. The number of carbonyl (C=O) groups is 1. The lowest BCUT2D eigenvalue weighted by Gasteiger charge is -2.13. The highest BCUT2D eigenvalue weighted by molar-refractivity contribution is 5.88. The maximum Gasteiger partial charge on any atom is 0.234 e. The number of nitrogens with one attached hydrogen (secondary N) is 2. The third kappa shape index (κ3) is 5.39. The molecule has 2 N–H and O–H groups in total. The second kappa shape index (κ2) is 10.0. The molecule has 0 unspecified atom stereocenters. The molecule has 0 bridgehead atoms. The predicted octanol–water partition coefficient (Wildman–Crippen LogP) is 2.12. The van der Waals surface area contributed by atoms with Crippen molar-refractivity contribution in [2.75, 3.05) is 33.9 Å². The highest BCUT2D eigenvalue weighted by atomic mass is 35.5. The average molecular weight is 339 g/mol. The first-order valence-electron chi connectivity index (χ1n) is 7.27. The summed E-state index contributed by atoms with van der Waals surface area (Å²) in [5.41, 5.74) is 0.992. The van der Waals surface area contributed by atoms with Crippen molar-refractivity contribution in [3.63, 3.8) is 0 Å². The van der Waals surface area contributed by atoms with Gasteiger partial charge in [0, 0.05) is 25.8 Å². The first-order valence-corrected chi connectivity index (χ1v) is 7.27. The number of hydrogen-bond acceptors (Lipinski definition) is 4. The van der Waals surface area contributed by atoms with Gasteiger partial charge in [0.1, 0.15) is 5.75 Å². The zero-order valence-corrected chi connectivity index (χ0v) is 14.2. The van der Waals surface area contributed by atoms with E-state index in [-0.39, 0.29) is 24.9 Å². The number of hydrogen-bond donors (Lipinski definition) is 2. The normalized spacial score (nSPS) is 10.2. The van der Waals surface area contributed by atoms with E-state index in [0.29, 0.717) is 19.7 Å². The zero-order valence-electron chi connectivity index (χ0n) is 13.4. The summed E-state index contributed by atoms with van der Waals surface area (Å²) in [7, 11) is 3.27. The minimum atomic E-state index is -0.0499. The smallest absolute Gasteiger partial charge is 0.234 e. The van der Waals surface area contributed by atoms with Crippen molar-refractivity contribution in [1.82, 2.24) is 10.6 Å².